The molecule has 0 fully saturated rings. The molecule has 2 nitrogen and oxygen atoms in total. The van der Waals surface area contributed by atoms with Gasteiger partial charge in [0, 0.05) is 6.26 Å². The molecule has 0 aliphatic carbocycles. The van der Waals surface area contributed by atoms with E-state index in [-0.39, 0.29) is 10.8 Å². The molecule has 0 aromatic heterocycles. The van der Waals surface area contributed by atoms with Crippen molar-refractivity contribution in [2.45, 2.75) is 44.9 Å². The first kappa shape index (κ1) is 16.0. The highest BCUT2D eigenvalue weighted by atomic mass is 32.2. The molecule has 0 aliphatic rings. The first-order valence-electron chi connectivity index (χ1n) is 6.38. The molecule has 0 saturated heterocycles. The fourth-order valence-corrected chi connectivity index (χ4v) is 2.97. The van der Waals surface area contributed by atoms with Crippen LogP contribution in [0.5, 0.6) is 0 Å². The zero-order chi connectivity index (χ0) is 15.1. The lowest BCUT2D eigenvalue weighted by molar-refractivity contribution is 0.222. The van der Waals surface area contributed by atoms with Crippen molar-refractivity contribution in [3.63, 3.8) is 0 Å². The predicted molar refractivity (Wildman–Crippen MR) is 82.1 cm³/mol. The van der Waals surface area contributed by atoms with Crippen LogP contribution in [-0.2, 0) is 15.3 Å². The average molecular weight is 280 g/mol. The van der Waals surface area contributed by atoms with E-state index in [1.807, 2.05) is 12.1 Å². The van der Waals surface area contributed by atoms with Crippen LogP contribution in [-0.4, -0.2) is 14.7 Å². The van der Waals surface area contributed by atoms with E-state index in [0.717, 1.165) is 11.1 Å². The van der Waals surface area contributed by atoms with Gasteiger partial charge in [0.15, 0.2) is 9.84 Å². The molecule has 1 aromatic rings. The molecule has 0 heterocycles. The van der Waals surface area contributed by atoms with E-state index in [2.05, 4.69) is 41.2 Å². The Hall–Kier alpha value is -1.09. The van der Waals surface area contributed by atoms with Gasteiger partial charge in [0.2, 0.25) is 0 Å². The Labute approximate surface area is 117 Å². The van der Waals surface area contributed by atoms with Gasteiger partial charge in [0.25, 0.3) is 0 Å². The van der Waals surface area contributed by atoms with Crippen LogP contribution in [0.3, 0.4) is 0 Å². The van der Waals surface area contributed by atoms with Gasteiger partial charge in [-0.3, -0.25) is 0 Å². The molecule has 0 spiro atoms. The maximum absolute atomic E-state index is 12.1. The highest BCUT2D eigenvalue weighted by Gasteiger charge is 2.37. The van der Waals surface area contributed by atoms with E-state index in [1.54, 1.807) is 12.1 Å². The fraction of sp³-hybridized carbons (Fsp3) is 0.500. The van der Waals surface area contributed by atoms with Crippen molar-refractivity contribution in [1.29, 1.82) is 0 Å². The van der Waals surface area contributed by atoms with Gasteiger partial charge >= 0.3 is 0 Å². The van der Waals surface area contributed by atoms with Crippen LogP contribution in [0.25, 0.3) is 6.08 Å². The van der Waals surface area contributed by atoms with E-state index >= 15 is 0 Å². The van der Waals surface area contributed by atoms with E-state index in [4.69, 9.17) is 0 Å². The van der Waals surface area contributed by atoms with Crippen LogP contribution in [0.15, 0.2) is 29.7 Å². The molecule has 3 heteroatoms. The predicted octanol–water partition coefficient (Wildman–Crippen LogP) is 4.06. The number of rotatable bonds is 3. The third-order valence-electron chi connectivity index (χ3n) is 4.19. The van der Waals surface area contributed by atoms with Crippen molar-refractivity contribution in [1.82, 2.24) is 0 Å². The molecule has 0 N–H and O–H groups in total. The summed E-state index contributed by atoms with van der Waals surface area (Å²) in [5, 5.41) is 0. The van der Waals surface area contributed by atoms with Gasteiger partial charge in [0.1, 0.15) is 0 Å². The van der Waals surface area contributed by atoms with E-state index < -0.39 is 9.84 Å². The van der Waals surface area contributed by atoms with Gasteiger partial charge in [-0.05, 0) is 28.0 Å². The van der Waals surface area contributed by atoms with E-state index in [1.165, 1.54) is 6.26 Å². The second-order valence-corrected chi connectivity index (χ2v) is 8.59. The Morgan fingerprint density at radius 2 is 1.63 bits per heavy atom. The number of sulfone groups is 1. The summed E-state index contributed by atoms with van der Waals surface area (Å²) in [5.41, 5.74) is 1.41. The standard InChI is InChI=1S/C16H24O2S/c1-8-12-9-10-13(14(11-12)19(7,17)18)16(5,6)15(2,3)4/h8-11H,1H2,2-7H3. The zero-order valence-corrected chi connectivity index (χ0v) is 13.6. The lowest BCUT2D eigenvalue weighted by atomic mass is 9.65. The largest absolute Gasteiger partial charge is 0.224 e. The Kier molecular flexibility index (Phi) is 4.02. The van der Waals surface area contributed by atoms with Gasteiger partial charge in [0.05, 0.1) is 4.90 Å². The van der Waals surface area contributed by atoms with Gasteiger partial charge in [-0.1, -0.05) is 59.4 Å². The smallest absolute Gasteiger partial charge is 0.175 e. The van der Waals surface area contributed by atoms with Crippen molar-refractivity contribution < 1.29 is 8.42 Å². The van der Waals surface area contributed by atoms with Crippen molar-refractivity contribution in [3.05, 3.63) is 35.9 Å². The minimum absolute atomic E-state index is 0.0395. The molecule has 1 rings (SSSR count). The summed E-state index contributed by atoms with van der Waals surface area (Å²) in [5.74, 6) is 0. The molecule has 0 radical (unpaired) electrons. The molecule has 1 aromatic carbocycles. The Bertz CT molecular complexity index is 588. The molecule has 0 bridgehead atoms. The first-order valence-corrected chi connectivity index (χ1v) is 8.27. The maximum atomic E-state index is 12.1. The van der Waals surface area contributed by atoms with Crippen LogP contribution in [0.4, 0.5) is 0 Å². The summed E-state index contributed by atoms with van der Waals surface area (Å²) in [6.07, 6.45) is 2.93. The molecule has 0 aliphatic heterocycles. The zero-order valence-electron chi connectivity index (χ0n) is 12.7. The Balaban J connectivity index is 3.67. The summed E-state index contributed by atoms with van der Waals surface area (Å²) >= 11 is 0. The highest BCUT2D eigenvalue weighted by molar-refractivity contribution is 7.90. The first-order chi connectivity index (χ1) is 8.41. The third-order valence-corrected chi connectivity index (χ3v) is 5.33. The lowest BCUT2D eigenvalue weighted by Gasteiger charge is -2.40. The maximum Gasteiger partial charge on any atom is 0.175 e. The number of hydrogen-bond acceptors (Lipinski definition) is 2. The highest BCUT2D eigenvalue weighted by Crippen LogP contribution is 2.43. The van der Waals surface area contributed by atoms with E-state index in [9.17, 15) is 8.42 Å². The fourth-order valence-electron chi connectivity index (χ4n) is 1.89. The molecular weight excluding hydrogens is 256 g/mol. The normalized spacial score (nSPS) is 13.4. The summed E-state index contributed by atoms with van der Waals surface area (Å²) in [4.78, 5) is 0.407. The molecule has 0 amide bonds. The molecular formula is C16H24O2S. The molecule has 0 atom stereocenters. The topological polar surface area (TPSA) is 34.1 Å². The van der Waals surface area contributed by atoms with Crippen LogP contribution >= 0.6 is 0 Å². The number of hydrogen-bond donors (Lipinski definition) is 0. The van der Waals surface area contributed by atoms with Crippen molar-refractivity contribution >= 4 is 15.9 Å². The average Bonchev–Trinajstić information content (AvgIpc) is 2.25. The number of benzene rings is 1. The van der Waals surface area contributed by atoms with Gasteiger partial charge < -0.3 is 0 Å². The summed E-state index contributed by atoms with van der Waals surface area (Å²) in [6.45, 7) is 14.3. The van der Waals surface area contributed by atoms with Crippen LogP contribution in [0.1, 0.15) is 45.7 Å². The molecule has 106 valence electrons. The lowest BCUT2D eigenvalue weighted by Crippen LogP contribution is -2.35. The van der Waals surface area contributed by atoms with Crippen molar-refractivity contribution in [2.75, 3.05) is 6.26 Å². The monoisotopic (exact) mass is 280 g/mol. The van der Waals surface area contributed by atoms with Crippen LogP contribution in [0.2, 0.25) is 0 Å². The van der Waals surface area contributed by atoms with Gasteiger partial charge in [-0.2, -0.15) is 0 Å². The second kappa shape index (κ2) is 4.78. The minimum atomic E-state index is -3.26. The van der Waals surface area contributed by atoms with Gasteiger partial charge in [-0.15, -0.1) is 0 Å². The summed E-state index contributed by atoms with van der Waals surface area (Å²) in [6, 6.07) is 5.55. The van der Waals surface area contributed by atoms with Crippen molar-refractivity contribution in [2.24, 2.45) is 5.41 Å². The van der Waals surface area contributed by atoms with Crippen molar-refractivity contribution in [3.8, 4) is 0 Å². The van der Waals surface area contributed by atoms with Crippen LogP contribution in [0, 0.1) is 5.41 Å². The quantitative estimate of drug-likeness (QED) is 0.837. The molecule has 0 unspecified atom stereocenters. The molecule has 19 heavy (non-hydrogen) atoms. The second-order valence-electron chi connectivity index (χ2n) is 6.61. The molecule has 0 saturated carbocycles. The van der Waals surface area contributed by atoms with E-state index in [0.29, 0.717) is 4.90 Å². The summed E-state index contributed by atoms with van der Waals surface area (Å²) in [7, 11) is -3.26. The SMILES string of the molecule is C=Cc1ccc(C(C)(C)C(C)(C)C)c(S(C)(=O)=O)c1. The minimum Gasteiger partial charge on any atom is -0.224 e. The van der Waals surface area contributed by atoms with Crippen LogP contribution < -0.4 is 0 Å². The Morgan fingerprint density at radius 3 is 2.00 bits per heavy atom. The third kappa shape index (κ3) is 3.08. The summed E-state index contributed by atoms with van der Waals surface area (Å²) < 4.78 is 24.1. The van der Waals surface area contributed by atoms with Gasteiger partial charge in [-0.25, -0.2) is 8.42 Å². The Morgan fingerprint density at radius 1 is 1.11 bits per heavy atom.